The van der Waals surface area contributed by atoms with Crippen LogP contribution in [0.4, 0.5) is 4.39 Å². The Hall–Kier alpha value is -1.78. The maximum Gasteiger partial charge on any atom is 0.185 e. The van der Waals surface area contributed by atoms with E-state index in [1.807, 2.05) is 0 Å². The van der Waals surface area contributed by atoms with Gasteiger partial charge in [0.1, 0.15) is 0 Å². The molecule has 76 valence electrons. The Morgan fingerprint density at radius 2 is 2.14 bits per heavy atom. The molecular formula is C9H12FN3O. The molecule has 0 aromatic heterocycles. The minimum atomic E-state index is -0.629. The van der Waals surface area contributed by atoms with Crippen molar-refractivity contribution >= 4 is 5.96 Å². The fourth-order valence-electron chi connectivity index (χ4n) is 1.03. The summed E-state index contributed by atoms with van der Waals surface area (Å²) in [5.74, 6) is -0.959. The summed E-state index contributed by atoms with van der Waals surface area (Å²) < 4.78 is 12.6. The summed E-state index contributed by atoms with van der Waals surface area (Å²) in [5, 5.41) is 9.05. The maximum atomic E-state index is 12.6. The smallest absolute Gasteiger partial charge is 0.185 e. The van der Waals surface area contributed by atoms with Crippen LogP contribution in [0.25, 0.3) is 0 Å². The van der Waals surface area contributed by atoms with Crippen LogP contribution in [0.15, 0.2) is 23.2 Å². The molecule has 0 heterocycles. The van der Waals surface area contributed by atoms with Gasteiger partial charge in [0.05, 0.1) is 0 Å². The zero-order valence-electron chi connectivity index (χ0n) is 7.57. The molecule has 0 unspecified atom stereocenters. The van der Waals surface area contributed by atoms with E-state index in [9.17, 15) is 4.39 Å². The van der Waals surface area contributed by atoms with Crippen LogP contribution in [-0.2, 0) is 6.42 Å². The molecule has 0 fully saturated rings. The number of aromatic hydroxyl groups is 1. The maximum absolute atomic E-state index is 12.6. The summed E-state index contributed by atoms with van der Waals surface area (Å²) in [6.07, 6.45) is 0.561. The van der Waals surface area contributed by atoms with E-state index in [1.165, 1.54) is 12.1 Å². The van der Waals surface area contributed by atoms with Gasteiger partial charge in [-0.15, -0.1) is 0 Å². The van der Waals surface area contributed by atoms with Crippen molar-refractivity contribution in [2.45, 2.75) is 6.42 Å². The topological polar surface area (TPSA) is 84.6 Å². The predicted octanol–water partition coefficient (Wildman–Crippen LogP) is 0.347. The number of guanidine groups is 1. The summed E-state index contributed by atoms with van der Waals surface area (Å²) in [7, 11) is 0. The van der Waals surface area contributed by atoms with Crippen molar-refractivity contribution in [3.63, 3.8) is 0 Å². The predicted molar refractivity (Wildman–Crippen MR) is 52.4 cm³/mol. The number of rotatable bonds is 3. The van der Waals surface area contributed by atoms with Gasteiger partial charge >= 0.3 is 0 Å². The van der Waals surface area contributed by atoms with Gasteiger partial charge in [0, 0.05) is 6.54 Å². The minimum Gasteiger partial charge on any atom is -0.505 e. The lowest BCUT2D eigenvalue weighted by molar-refractivity contribution is 0.431. The van der Waals surface area contributed by atoms with E-state index in [0.717, 1.165) is 5.56 Å². The van der Waals surface area contributed by atoms with Crippen LogP contribution in [0.5, 0.6) is 5.75 Å². The van der Waals surface area contributed by atoms with Crippen LogP contribution in [-0.4, -0.2) is 17.6 Å². The number of aliphatic imine (C=N–C) groups is 1. The van der Waals surface area contributed by atoms with Gasteiger partial charge in [-0.05, 0) is 24.1 Å². The van der Waals surface area contributed by atoms with E-state index < -0.39 is 5.82 Å². The summed E-state index contributed by atoms with van der Waals surface area (Å²) in [6.45, 7) is 0.424. The van der Waals surface area contributed by atoms with Crippen LogP contribution >= 0.6 is 0 Å². The molecule has 0 aliphatic rings. The fraction of sp³-hybridized carbons (Fsp3) is 0.222. The molecule has 1 aromatic rings. The first-order chi connectivity index (χ1) is 6.59. The van der Waals surface area contributed by atoms with Crippen molar-refractivity contribution in [3.8, 4) is 5.75 Å². The van der Waals surface area contributed by atoms with E-state index in [4.69, 9.17) is 16.6 Å². The van der Waals surface area contributed by atoms with Crippen LogP contribution in [0.2, 0.25) is 0 Å². The molecule has 1 rings (SSSR count). The van der Waals surface area contributed by atoms with Crippen molar-refractivity contribution in [1.82, 2.24) is 0 Å². The first-order valence-electron chi connectivity index (χ1n) is 4.12. The second-order valence-electron chi connectivity index (χ2n) is 2.84. The Kier molecular flexibility index (Phi) is 3.28. The molecule has 4 nitrogen and oxygen atoms in total. The first-order valence-corrected chi connectivity index (χ1v) is 4.12. The Balaban J connectivity index is 2.60. The minimum absolute atomic E-state index is 0.0244. The quantitative estimate of drug-likeness (QED) is 0.482. The van der Waals surface area contributed by atoms with Gasteiger partial charge in [0.2, 0.25) is 0 Å². The summed E-state index contributed by atoms with van der Waals surface area (Å²) >= 11 is 0. The second kappa shape index (κ2) is 4.45. The molecule has 0 atom stereocenters. The van der Waals surface area contributed by atoms with Crippen LogP contribution in [0.3, 0.4) is 0 Å². The standard InChI is InChI=1S/C9H12FN3O/c10-7-2-1-6(5-8(7)14)3-4-13-9(11)12/h1-2,5,14H,3-4H2,(H4,11,12,13). The number of halogens is 1. The Bertz CT molecular complexity index is 348. The van der Waals surface area contributed by atoms with Gasteiger partial charge in [0.15, 0.2) is 17.5 Å². The molecule has 14 heavy (non-hydrogen) atoms. The lowest BCUT2D eigenvalue weighted by atomic mass is 10.1. The van der Waals surface area contributed by atoms with Crippen LogP contribution in [0, 0.1) is 5.82 Å². The third kappa shape index (κ3) is 2.93. The van der Waals surface area contributed by atoms with Gasteiger partial charge < -0.3 is 16.6 Å². The highest BCUT2D eigenvalue weighted by molar-refractivity contribution is 5.75. The third-order valence-electron chi connectivity index (χ3n) is 1.71. The van der Waals surface area contributed by atoms with E-state index in [1.54, 1.807) is 6.07 Å². The number of phenols is 1. The highest BCUT2D eigenvalue weighted by atomic mass is 19.1. The van der Waals surface area contributed by atoms with Gasteiger partial charge in [-0.3, -0.25) is 4.99 Å². The molecule has 0 saturated heterocycles. The van der Waals surface area contributed by atoms with Crippen molar-refractivity contribution in [3.05, 3.63) is 29.6 Å². The zero-order chi connectivity index (χ0) is 10.6. The largest absolute Gasteiger partial charge is 0.505 e. The number of hydrogen-bond acceptors (Lipinski definition) is 2. The molecule has 0 aliphatic heterocycles. The average molecular weight is 197 g/mol. The van der Waals surface area contributed by atoms with E-state index in [-0.39, 0.29) is 11.7 Å². The molecule has 0 radical (unpaired) electrons. The molecule has 0 saturated carbocycles. The molecule has 0 bridgehead atoms. The van der Waals surface area contributed by atoms with Crippen molar-refractivity contribution in [2.75, 3.05) is 6.54 Å². The van der Waals surface area contributed by atoms with Gasteiger partial charge in [0.25, 0.3) is 0 Å². The molecular weight excluding hydrogens is 185 g/mol. The van der Waals surface area contributed by atoms with Gasteiger partial charge in [-0.2, -0.15) is 0 Å². The van der Waals surface area contributed by atoms with Crippen molar-refractivity contribution < 1.29 is 9.50 Å². The van der Waals surface area contributed by atoms with Crippen LogP contribution in [0.1, 0.15) is 5.56 Å². The summed E-state index contributed by atoms with van der Waals surface area (Å²) in [4.78, 5) is 3.77. The van der Waals surface area contributed by atoms with Gasteiger partial charge in [-0.25, -0.2) is 4.39 Å². The highest BCUT2D eigenvalue weighted by Gasteiger charge is 2.00. The number of phenolic OH excluding ortho intramolecular Hbond substituents is 1. The lowest BCUT2D eigenvalue weighted by Crippen LogP contribution is -2.23. The molecule has 5 N–H and O–H groups in total. The van der Waals surface area contributed by atoms with E-state index in [0.29, 0.717) is 13.0 Å². The Morgan fingerprint density at radius 1 is 1.43 bits per heavy atom. The summed E-state index contributed by atoms with van der Waals surface area (Å²) in [6, 6.07) is 4.15. The van der Waals surface area contributed by atoms with Crippen molar-refractivity contribution in [2.24, 2.45) is 16.5 Å². The monoisotopic (exact) mass is 197 g/mol. The average Bonchev–Trinajstić information content (AvgIpc) is 2.10. The Labute approximate surface area is 81.1 Å². The molecule has 0 spiro atoms. The number of hydrogen-bond donors (Lipinski definition) is 3. The number of nitrogens with two attached hydrogens (primary N) is 2. The number of benzene rings is 1. The number of nitrogens with zero attached hydrogens (tertiary/aromatic N) is 1. The molecule has 0 amide bonds. The normalized spacial score (nSPS) is 9.79. The second-order valence-corrected chi connectivity index (χ2v) is 2.84. The molecule has 1 aromatic carbocycles. The fourth-order valence-corrected chi connectivity index (χ4v) is 1.03. The van der Waals surface area contributed by atoms with E-state index >= 15 is 0 Å². The lowest BCUT2D eigenvalue weighted by Gasteiger charge is -2.00. The zero-order valence-corrected chi connectivity index (χ0v) is 7.57. The Morgan fingerprint density at radius 3 is 2.71 bits per heavy atom. The van der Waals surface area contributed by atoms with E-state index in [2.05, 4.69) is 4.99 Å². The van der Waals surface area contributed by atoms with Crippen molar-refractivity contribution in [1.29, 1.82) is 0 Å². The van der Waals surface area contributed by atoms with Crippen LogP contribution < -0.4 is 11.5 Å². The molecule has 5 heteroatoms. The highest BCUT2D eigenvalue weighted by Crippen LogP contribution is 2.16. The SMILES string of the molecule is NC(N)=NCCc1ccc(F)c(O)c1. The summed E-state index contributed by atoms with van der Waals surface area (Å²) in [5.41, 5.74) is 11.0. The first kappa shape index (κ1) is 10.3. The van der Waals surface area contributed by atoms with Gasteiger partial charge in [-0.1, -0.05) is 6.07 Å². The third-order valence-corrected chi connectivity index (χ3v) is 1.71. The molecule has 0 aliphatic carbocycles.